The Kier molecular flexibility index (Phi) is 3.92. The number of hydrogen-bond donors (Lipinski definition) is 0. The van der Waals surface area contributed by atoms with Crippen molar-refractivity contribution in [2.24, 2.45) is 5.92 Å². The van der Waals surface area contributed by atoms with Crippen molar-refractivity contribution in [2.45, 2.75) is 31.8 Å². The Morgan fingerprint density at radius 3 is 2.88 bits per heavy atom. The average Bonchev–Trinajstić information content (AvgIpc) is 2.83. The van der Waals surface area contributed by atoms with Crippen molar-refractivity contribution in [1.82, 2.24) is 4.90 Å². The van der Waals surface area contributed by atoms with E-state index in [-0.39, 0.29) is 12.0 Å². The predicted octanol–water partition coefficient (Wildman–Crippen LogP) is 0.970. The number of Topliss-reactive ketones (excluding diaryl/α,β-unsaturated/α-hetero) is 1. The van der Waals surface area contributed by atoms with Crippen molar-refractivity contribution in [1.29, 1.82) is 5.26 Å². The summed E-state index contributed by atoms with van der Waals surface area (Å²) in [5.74, 6) is 0.638. The van der Waals surface area contributed by atoms with Gasteiger partial charge in [-0.3, -0.25) is 9.69 Å². The summed E-state index contributed by atoms with van der Waals surface area (Å²) in [6, 6.07) is 2.10. The molecule has 2 rings (SSSR count). The van der Waals surface area contributed by atoms with Crippen LogP contribution in [0, 0.1) is 17.2 Å². The third kappa shape index (κ3) is 2.81. The molecule has 0 bridgehead atoms. The standard InChI is InChI=1S/C12H18N2O2/c13-7-11-8-14(5-6-16-11)9-12(15)10-3-1-2-4-10/h10-11H,1-6,8-9H2. The monoisotopic (exact) mass is 222 g/mol. The fraction of sp³-hybridized carbons (Fsp3) is 0.833. The molecular weight excluding hydrogens is 204 g/mol. The van der Waals surface area contributed by atoms with Crippen molar-refractivity contribution in [3.05, 3.63) is 0 Å². The second-order valence-electron chi connectivity index (χ2n) is 4.67. The number of nitrogens with zero attached hydrogens (tertiary/aromatic N) is 2. The van der Waals surface area contributed by atoms with Crippen LogP contribution in [0.3, 0.4) is 0 Å². The topological polar surface area (TPSA) is 53.3 Å². The molecule has 0 amide bonds. The summed E-state index contributed by atoms with van der Waals surface area (Å²) < 4.78 is 5.25. The van der Waals surface area contributed by atoms with Crippen LogP contribution < -0.4 is 0 Å². The number of carbonyl (C=O) groups excluding carboxylic acids is 1. The van der Waals surface area contributed by atoms with Crippen molar-refractivity contribution in [3.8, 4) is 6.07 Å². The highest BCUT2D eigenvalue weighted by molar-refractivity contribution is 5.83. The van der Waals surface area contributed by atoms with Crippen LogP contribution in [0.4, 0.5) is 0 Å². The molecular formula is C12H18N2O2. The first-order chi connectivity index (χ1) is 7.79. The Hall–Kier alpha value is -0.920. The van der Waals surface area contributed by atoms with E-state index in [4.69, 9.17) is 10.00 Å². The molecule has 0 aromatic carbocycles. The van der Waals surface area contributed by atoms with Crippen LogP contribution in [0.15, 0.2) is 0 Å². The Labute approximate surface area is 96.2 Å². The lowest BCUT2D eigenvalue weighted by atomic mass is 10.0. The van der Waals surface area contributed by atoms with Gasteiger partial charge >= 0.3 is 0 Å². The summed E-state index contributed by atoms with van der Waals surface area (Å²) in [7, 11) is 0. The molecule has 1 heterocycles. The molecule has 88 valence electrons. The van der Waals surface area contributed by atoms with E-state index >= 15 is 0 Å². The number of ketones is 1. The Bertz CT molecular complexity index is 292. The maximum Gasteiger partial charge on any atom is 0.156 e. The van der Waals surface area contributed by atoms with E-state index in [1.54, 1.807) is 0 Å². The SMILES string of the molecule is N#CC1CN(CC(=O)C2CCCC2)CCO1. The van der Waals surface area contributed by atoms with E-state index in [1.165, 1.54) is 12.8 Å². The van der Waals surface area contributed by atoms with Crippen molar-refractivity contribution < 1.29 is 9.53 Å². The van der Waals surface area contributed by atoms with Crippen molar-refractivity contribution in [3.63, 3.8) is 0 Å². The van der Waals surface area contributed by atoms with Gasteiger partial charge in [-0.25, -0.2) is 0 Å². The highest BCUT2D eigenvalue weighted by Gasteiger charge is 2.27. The summed E-state index contributed by atoms with van der Waals surface area (Å²) >= 11 is 0. The molecule has 1 atom stereocenters. The van der Waals surface area contributed by atoms with Crippen LogP contribution in [0.1, 0.15) is 25.7 Å². The van der Waals surface area contributed by atoms with Gasteiger partial charge in [-0.05, 0) is 12.8 Å². The molecule has 0 N–H and O–H groups in total. The molecule has 0 radical (unpaired) electrons. The van der Waals surface area contributed by atoms with Gasteiger partial charge in [0.15, 0.2) is 6.10 Å². The number of hydrogen-bond acceptors (Lipinski definition) is 4. The minimum absolute atomic E-state index is 0.281. The van der Waals surface area contributed by atoms with Crippen LogP contribution in [-0.4, -0.2) is 43.0 Å². The molecule has 4 nitrogen and oxygen atoms in total. The minimum atomic E-state index is -0.356. The first-order valence-electron chi connectivity index (χ1n) is 6.06. The van der Waals surface area contributed by atoms with E-state index in [1.807, 2.05) is 0 Å². The van der Waals surface area contributed by atoms with Gasteiger partial charge in [0.25, 0.3) is 0 Å². The molecule has 1 saturated heterocycles. The normalized spacial score (nSPS) is 27.8. The lowest BCUT2D eigenvalue weighted by Gasteiger charge is -2.29. The van der Waals surface area contributed by atoms with Gasteiger partial charge < -0.3 is 4.74 Å². The zero-order valence-corrected chi connectivity index (χ0v) is 9.52. The number of carbonyl (C=O) groups is 1. The van der Waals surface area contributed by atoms with Gasteiger partial charge in [-0.2, -0.15) is 5.26 Å². The Morgan fingerprint density at radius 2 is 2.19 bits per heavy atom. The third-order valence-electron chi connectivity index (χ3n) is 3.48. The predicted molar refractivity (Wildman–Crippen MR) is 58.8 cm³/mol. The van der Waals surface area contributed by atoms with Crippen molar-refractivity contribution >= 4 is 5.78 Å². The quantitative estimate of drug-likeness (QED) is 0.714. The fourth-order valence-electron chi connectivity index (χ4n) is 2.52. The average molecular weight is 222 g/mol. The molecule has 1 aliphatic carbocycles. The number of rotatable bonds is 3. The zero-order valence-electron chi connectivity index (χ0n) is 9.52. The van der Waals surface area contributed by atoms with Gasteiger partial charge in [0.2, 0.25) is 0 Å². The van der Waals surface area contributed by atoms with Gasteiger partial charge in [-0.15, -0.1) is 0 Å². The van der Waals surface area contributed by atoms with Crippen LogP contribution in [-0.2, 0) is 9.53 Å². The Morgan fingerprint density at radius 1 is 1.44 bits per heavy atom. The molecule has 1 aliphatic heterocycles. The largest absolute Gasteiger partial charge is 0.361 e. The van der Waals surface area contributed by atoms with Crippen LogP contribution in [0.25, 0.3) is 0 Å². The van der Waals surface area contributed by atoms with Crippen LogP contribution >= 0.6 is 0 Å². The fourth-order valence-corrected chi connectivity index (χ4v) is 2.52. The molecule has 4 heteroatoms. The van der Waals surface area contributed by atoms with Crippen LogP contribution in [0.2, 0.25) is 0 Å². The smallest absolute Gasteiger partial charge is 0.156 e. The van der Waals surface area contributed by atoms with Gasteiger partial charge in [0.1, 0.15) is 5.78 Å². The molecule has 1 unspecified atom stereocenters. The second kappa shape index (κ2) is 5.42. The lowest BCUT2D eigenvalue weighted by molar-refractivity contribution is -0.125. The third-order valence-corrected chi connectivity index (χ3v) is 3.48. The lowest BCUT2D eigenvalue weighted by Crippen LogP contribution is -2.44. The van der Waals surface area contributed by atoms with E-state index in [0.717, 1.165) is 19.4 Å². The van der Waals surface area contributed by atoms with E-state index in [2.05, 4.69) is 11.0 Å². The highest BCUT2D eigenvalue weighted by Crippen LogP contribution is 2.25. The van der Waals surface area contributed by atoms with Gasteiger partial charge in [-0.1, -0.05) is 12.8 Å². The zero-order chi connectivity index (χ0) is 11.4. The molecule has 1 saturated carbocycles. The van der Waals surface area contributed by atoms with E-state index < -0.39 is 0 Å². The maximum atomic E-state index is 11.9. The summed E-state index contributed by atoms with van der Waals surface area (Å²) in [4.78, 5) is 14.0. The molecule has 2 fully saturated rings. The Balaban J connectivity index is 1.80. The number of nitriles is 1. The molecule has 16 heavy (non-hydrogen) atoms. The number of morpholine rings is 1. The van der Waals surface area contributed by atoms with Gasteiger partial charge in [0, 0.05) is 19.0 Å². The first kappa shape index (κ1) is 11.6. The molecule has 0 aromatic rings. The van der Waals surface area contributed by atoms with E-state index in [0.29, 0.717) is 25.5 Å². The summed E-state index contributed by atoms with van der Waals surface area (Å²) in [5, 5.41) is 8.77. The first-order valence-corrected chi connectivity index (χ1v) is 6.06. The van der Waals surface area contributed by atoms with E-state index in [9.17, 15) is 4.79 Å². The molecule has 2 aliphatic rings. The van der Waals surface area contributed by atoms with Crippen molar-refractivity contribution in [2.75, 3.05) is 26.2 Å². The maximum absolute atomic E-state index is 11.9. The number of ether oxygens (including phenoxy) is 1. The second-order valence-corrected chi connectivity index (χ2v) is 4.67. The summed E-state index contributed by atoms with van der Waals surface area (Å²) in [5.41, 5.74) is 0. The highest BCUT2D eigenvalue weighted by atomic mass is 16.5. The molecule has 0 spiro atoms. The summed E-state index contributed by atoms with van der Waals surface area (Å²) in [6.07, 6.45) is 4.15. The minimum Gasteiger partial charge on any atom is -0.361 e. The van der Waals surface area contributed by atoms with Crippen LogP contribution in [0.5, 0.6) is 0 Å². The summed E-state index contributed by atoms with van der Waals surface area (Å²) in [6.45, 7) is 2.42. The molecule has 0 aromatic heterocycles. The van der Waals surface area contributed by atoms with Gasteiger partial charge in [0.05, 0.1) is 19.2 Å².